The van der Waals surface area contributed by atoms with Crippen LogP contribution in [0.2, 0.25) is 0 Å². The van der Waals surface area contributed by atoms with Gasteiger partial charge in [0.25, 0.3) is 0 Å². The average Bonchev–Trinajstić information content (AvgIpc) is 2.40. The first kappa shape index (κ1) is 11.5. The highest BCUT2D eigenvalue weighted by molar-refractivity contribution is 5.82. The highest BCUT2D eigenvalue weighted by Crippen LogP contribution is 2.22. The van der Waals surface area contributed by atoms with Gasteiger partial charge < -0.3 is 10.2 Å². The van der Waals surface area contributed by atoms with Crippen molar-refractivity contribution in [3.63, 3.8) is 0 Å². The summed E-state index contributed by atoms with van der Waals surface area (Å²) in [6.07, 6.45) is 0. The maximum atomic E-state index is 12.0. The van der Waals surface area contributed by atoms with E-state index < -0.39 is 0 Å². The van der Waals surface area contributed by atoms with Crippen molar-refractivity contribution in [2.45, 2.75) is 6.92 Å². The number of nitrogens with two attached hydrogens (primary N) is 1. The van der Waals surface area contributed by atoms with Crippen LogP contribution in [0.5, 0.6) is 0 Å². The number of rotatable bonds is 1. The number of fused-ring (bicyclic) bond motifs is 1. The maximum Gasteiger partial charge on any atom is 0.344 e. The molecule has 94 valence electrons. The summed E-state index contributed by atoms with van der Waals surface area (Å²) in [6, 6.07) is 14.8. The summed E-state index contributed by atoms with van der Waals surface area (Å²) in [7, 11) is 0. The lowest BCUT2D eigenvalue weighted by atomic mass is 10.0. The molecule has 0 saturated carbocycles. The topological polar surface area (TPSA) is 56.2 Å². The third-order valence-corrected chi connectivity index (χ3v) is 3.11. The summed E-state index contributed by atoms with van der Waals surface area (Å²) >= 11 is 0. The summed E-state index contributed by atoms with van der Waals surface area (Å²) in [5, 5.41) is 0.923. The molecule has 3 rings (SSSR count). The zero-order chi connectivity index (χ0) is 13.4. The molecule has 3 aromatic rings. The molecule has 19 heavy (non-hydrogen) atoms. The third kappa shape index (κ3) is 2.10. The van der Waals surface area contributed by atoms with E-state index in [-0.39, 0.29) is 5.63 Å². The SMILES string of the molecule is Cc1ccc2oc(=O)c(-c3ccc(N)cc3)cc2c1. The van der Waals surface area contributed by atoms with Crippen molar-refractivity contribution in [2.75, 3.05) is 5.73 Å². The lowest BCUT2D eigenvalue weighted by Crippen LogP contribution is -2.02. The number of nitrogen functional groups attached to an aromatic ring is 1. The lowest BCUT2D eigenvalue weighted by Gasteiger charge is -2.03. The van der Waals surface area contributed by atoms with Gasteiger partial charge in [-0.05, 0) is 42.8 Å². The number of hydrogen-bond donors (Lipinski definition) is 1. The molecule has 0 unspecified atom stereocenters. The lowest BCUT2D eigenvalue weighted by molar-refractivity contribution is 0.563. The highest BCUT2D eigenvalue weighted by atomic mass is 16.4. The van der Waals surface area contributed by atoms with Gasteiger partial charge in [-0.25, -0.2) is 4.79 Å². The number of benzene rings is 2. The van der Waals surface area contributed by atoms with Gasteiger partial charge >= 0.3 is 5.63 Å². The van der Waals surface area contributed by atoms with Gasteiger partial charge in [0.1, 0.15) is 5.58 Å². The molecule has 3 heteroatoms. The van der Waals surface area contributed by atoms with E-state index in [1.54, 1.807) is 12.1 Å². The Hall–Kier alpha value is -2.55. The summed E-state index contributed by atoms with van der Waals surface area (Å²) in [5.74, 6) is 0. The van der Waals surface area contributed by atoms with E-state index in [1.165, 1.54) is 0 Å². The van der Waals surface area contributed by atoms with Crippen LogP contribution >= 0.6 is 0 Å². The van der Waals surface area contributed by atoms with Crippen molar-refractivity contribution in [3.8, 4) is 11.1 Å². The molecule has 0 spiro atoms. The van der Waals surface area contributed by atoms with Crippen molar-refractivity contribution < 1.29 is 4.42 Å². The zero-order valence-corrected chi connectivity index (χ0v) is 10.5. The molecule has 0 saturated heterocycles. The van der Waals surface area contributed by atoms with Crippen molar-refractivity contribution in [1.29, 1.82) is 0 Å². The molecule has 0 aliphatic carbocycles. The Labute approximate surface area is 110 Å². The smallest absolute Gasteiger partial charge is 0.344 e. The number of aryl methyl sites for hydroxylation is 1. The summed E-state index contributed by atoms with van der Waals surface area (Å²) in [6.45, 7) is 2.01. The minimum absolute atomic E-state index is 0.332. The molecule has 2 N–H and O–H groups in total. The first-order valence-corrected chi connectivity index (χ1v) is 6.04. The van der Waals surface area contributed by atoms with E-state index in [4.69, 9.17) is 10.2 Å². The third-order valence-electron chi connectivity index (χ3n) is 3.11. The van der Waals surface area contributed by atoms with Crippen LogP contribution in [0.15, 0.2) is 57.7 Å². The van der Waals surface area contributed by atoms with Gasteiger partial charge in [-0.2, -0.15) is 0 Å². The Kier molecular flexibility index (Phi) is 2.60. The fourth-order valence-corrected chi connectivity index (χ4v) is 2.11. The molecule has 0 radical (unpaired) electrons. The molecule has 1 heterocycles. The van der Waals surface area contributed by atoms with Gasteiger partial charge in [0.15, 0.2) is 0 Å². The van der Waals surface area contributed by atoms with Crippen LogP contribution in [0.4, 0.5) is 5.69 Å². The summed E-state index contributed by atoms with van der Waals surface area (Å²) < 4.78 is 5.35. The predicted molar refractivity (Wildman–Crippen MR) is 77.1 cm³/mol. The van der Waals surface area contributed by atoms with Crippen LogP contribution in [-0.4, -0.2) is 0 Å². The van der Waals surface area contributed by atoms with Crippen LogP contribution in [-0.2, 0) is 0 Å². The van der Waals surface area contributed by atoms with Crippen LogP contribution in [0.1, 0.15) is 5.56 Å². The van der Waals surface area contributed by atoms with E-state index in [0.717, 1.165) is 16.5 Å². The Morgan fingerprint density at radius 3 is 2.47 bits per heavy atom. The average molecular weight is 251 g/mol. The Morgan fingerprint density at radius 2 is 1.74 bits per heavy atom. The molecule has 0 fully saturated rings. The quantitative estimate of drug-likeness (QED) is 0.533. The first-order chi connectivity index (χ1) is 9.13. The van der Waals surface area contributed by atoms with Gasteiger partial charge in [-0.15, -0.1) is 0 Å². The molecule has 2 aromatic carbocycles. The van der Waals surface area contributed by atoms with Gasteiger partial charge in [0.2, 0.25) is 0 Å². The van der Waals surface area contributed by atoms with Gasteiger partial charge in [0.05, 0.1) is 5.56 Å². The van der Waals surface area contributed by atoms with Gasteiger partial charge in [-0.3, -0.25) is 0 Å². The fraction of sp³-hybridized carbons (Fsp3) is 0.0625. The second kappa shape index (κ2) is 4.28. The Balaban J connectivity index is 2.26. The largest absolute Gasteiger partial charge is 0.422 e. The van der Waals surface area contributed by atoms with Gasteiger partial charge in [-0.1, -0.05) is 23.8 Å². The molecule has 0 bridgehead atoms. The number of anilines is 1. The second-order valence-electron chi connectivity index (χ2n) is 4.61. The highest BCUT2D eigenvalue weighted by Gasteiger charge is 2.07. The van der Waals surface area contributed by atoms with E-state index in [0.29, 0.717) is 16.8 Å². The van der Waals surface area contributed by atoms with E-state index in [1.807, 2.05) is 43.3 Å². The maximum absolute atomic E-state index is 12.0. The van der Waals surface area contributed by atoms with E-state index in [2.05, 4.69) is 0 Å². The fourth-order valence-electron chi connectivity index (χ4n) is 2.11. The van der Waals surface area contributed by atoms with Crippen molar-refractivity contribution in [3.05, 3.63) is 64.5 Å². The Bertz CT molecular complexity index is 801. The summed E-state index contributed by atoms with van der Waals surface area (Å²) in [4.78, 5) is 12.0. The van der Waals surface area contributed by atoms with Crippen molar-refractivity contribution >= 4 is 16.7 Å². The van der Waals surface area contributed by atoms with Crippen LogP contribution in [0, 0.1) is 6.92 Å². The van der Waals surface area contributed by atoms with Crippen LogP contribution < -0.4 is 11.4 Å². The van der Waals surface area contributed by atoms with E-state index in [9.17, 15) is 4.79 Å². The zero-order valence-electron chi connectivity index (χ0n) is 10.5. The second-order valence-corrected chi connectivity index (χ2v) is 4.61. The van der Waals surface area contributed by atoms with Crippen LogP contribution in [0.3, 0.4) is 0 Å². The Morgan fingerprint density at radius 1 is 1.00 bits per heavy atom. The molecular formula is C16H13NO2. The van der Waals surface area contributed by atoms with E-state index >= 15 is 0 Å². The van der Waals surface area contributed by atoms with Crippen molar-refractivity contribution in [2.24, 2.45) is 0 Å². The molecule has 3 nitrogen and oxygen atoms in total. The van der Waals surface area contributed by atoms with Crippen molar-refractivity contribution in [1.82, 2.24) is 0 Å². The van der Waals surface area contributed by atoms with Crippen LogP contribution in [0.25, 0.3) is 22.1 Å². The predicted octanol–water partition coefficient (Wildman–Crippen LogP) is 3.35. The molecule has 0 atom stereocenters. The molecule has 0 amide bonds. The minimum Gasteiger partial charge on any atom is -0.422 e. The summed E-state index contributed by atoms with van der Waals surface area (Å²) in [5.41, 5.74) is 9.09. The first-order valence-electron chi connectivity index (χ1n) is 6.04. The van der Waals surface area contributed by atoms with Gasteiger partial charge in [0, 0.05) is 11.1 Å². The number of hydrogen-bond acceptors (Lipinski definition) is 3. The monoisotopic (exact) mass is 251 g/mol. The molecule has 0 aliphatic rings. The normalized spacial score (nSPS) is 10.8. The molecular weight excluding hydrogens is 238 g/mol. The molecule has 1 aromatic heterocycles. The standard InChI is InChI=1S/C16H13NO2/c1-10-2-7-15-12(8-10)9-14(16(18)19-15)11-3-5-13(17)6-4-11/h2-9H,17H2,1H3. The minimum atomic E-state index is -0.332. The molecule has 0 aliphatic heterocycles.